The standard InChI is InChI=1S/C26H30N6O3S/c1-3-13-31(4-2)32(26(35)27-14-20-9-6-5-7-10-20)23-16-29(24(34)17-30(23)19-33)15-21-11-8-12-22-25(21)28-18-36-22/h3,5-12,18-19,23H,1,4,13-17H2,2H3,(H,27,35). The number of hydrazine groups is 1. The van der Waals surface area contributed by atoms with E-state index in [-0.39, 0.29) is 25.0 Å². The minimum atomic E-state index is -0.675. The number of carbonyl (C=O) groups excluding carboxylic acids is 3. The Labute approximate surface area is 214 Å². The van der Waals surface area contributed by atoms with Crippen LogP contribution in [-0.2, 0) is 22.7 Å². The fourth-order valence-corrected chi connectivity index (χ4v) is 5.07. The lowest BCUT2D eigenvalue weighted by Gasteiger charge is -2.47. The van der Waals surface area contributed by atoms with Gasteiger partial charge in [-0.3, -0.25) is 9.59 Å². The molecule has 2 heterocycles. The average molecular weight is 507 g/mol. The molecule has 3 aromatic rings. The molecule has 1 fully saturated rings. The van der Waals surface area contributed by atoms with Crippen molar-refractivity contribution in [3.05, 3.63) is 77.8 Å². The Bertz CT molecular complexity index is 1220. The van der Waals surface area contributed by atoms with Crippen LogP contribution in [0.25, 0.3) is 10.2 Å². The van der Waals surface area contributed by atoms with Crippen LogP contribution in [0.2, 0.25) is 0 Å². The highest BCUT2D eigenvalue weighted by Gasteiger charge is 2.39. The van der Waals surface area contributed by atoms with Crippen LogP contribution in [0.5, 0.6) is 0 Å². The van der Waals surface area contributed by atoms with Crippen molar-refractivity contribution < 1.29 is 14.4 Å². The van der Waals surface area contributed by atoms with Gasteiger partial charge in [-0.2, -0.15) is 0 Å². The first-order valence-electron chi connectivity index (χ1n) is 11.8. The molecule has 0 spiro atoms. The molecule has 1 aromatic heterocycles. The first-order valence-corrected chi connectivity index (χ1v) is 12.7. The number of carbonyl (C=O) groups is 3. The summed E-state index contributed by atoms with van der Waals surface area (Å²) in [6.07, 6.45) is 1.67. The molecular formula is C26H30N6O3S. The van der Waals surface area contributed by atoms with Crippen LogP contribution in [0.1, 0.15) is 18.1 Å². The summed E-state index contributed by atoms with van der Waals surface area (Å²) in [4.78, 5) is 46.1. The predicted molar refractivity (Wildman–Crippen MR) is 140 cm³/mol. The molecule has 0 aliphatic carbocycles. The van der Waals surface area contributed by atoms with Gasteiger partial charge in [0.15, 0.2) is 0 Å². The molecule has 10 heteroatoms. The Hall–Kier alpha value is -3.76. The van der Waals surface area contributed by atoms with Crippen molar-refractivity contribution in [1.29, 1.82) is 0 Å². The van der Waals surface area contributed by atoms with Gasteiger partial charge in [-0.25, -0.2) is 19.8 Å². The van der Waals surface area contributed by atoms with Crippen LogP contribution >= 0.6 is 11.3 Å². The summed E-state index contributed by atoms with van der Waals surface area (Å²) in [6, 6.07) is 15.2. The summed E-state index contributed by atoms with van der Waals surface area (Å²) in [5.74, 6) is -0.179. The lowest BCUT2D eigenvalue weighted by molar-refractivity contribution is -0.157. The molecular weight excluding hydrogens is 476 g/mol. The van der Waals surface area contributed by atoms with Crippen LogP contribution in [0.15, 0.2) is 66.7 Å². The highest BCUT2D eigenvalue weighted by Crippen LogP contribution is 2.24. The van der Waals surface area contributed by atoms with Gasteiger partial charge in [0.25, 0.3) is 0 Å². The highest BCUT2D eigenvalue weighted by molar-refractivity contribution is 7.16. The maximum atomic E-state index is 13.5. The van der Waals surface area contributed by atoms with Gasteiger partial charge < -0.3 is 15.1 Å². The van der Waals surface area contributed by atoms with Crippen LogP contribution in [0.4, 0.5) is 4.79 Å². The van der Waals surface area contributed by atoms with E-state index in [2.05, 4.69) is 16.9 Å². The van der Waals surface area contributed by atoms with Crippen molar-refractivity contribution in [2.24, 2.45) is 0 Å². The molecule has 1 unspecified atom stereocenters. The zero-order chi connectivity index (χ0) is 25.5. The van der Waals surface area contributed by atoms with E-state index in [0.29, 0.717) is 32.6 Å². The Morgan fingerprint density at radius 3 is 2.78 bits per heavy atom. The molecule has 1 N–H and O–H groups in total. The third-order valence-electron chi connectivity index (χ3n) is 6.16. The van der Waals surface area contributed by atoms with Gasteiger partial charge in [0.1, 0.15) is 12.7 Å². The molecule has 1 atom stereocenters. The molecule has 9 nitrogen and oxygen atoms in total. The highest BCUT2D eigenvalue weighted by atomic mass is 32.1. The maximum absolute atomic E-state index is 13.5. The first kappa shape index (κ1) is 25.3. The Balaban J connectivity index is 1.60. The molecule has 0 bridgehead atoms. The number of nitrogens with zero attached hydrogens (tertiary/aromatic N) is 5. The van der Waals surface area contributed by atoms with E-state index in [1.54, 1.807) is 32.8 Å². The summed E-state index contributed by atoms with van der Waals surface area (Å²) in [5.41, 5.74) is 4.54. The number of aromatic nitrogens is 1. The van der Waals surface area contributed by atoms with Crippen LogP contribution in [-0.4, -0.2) is 75.5 Å². The van der Waals surface area contributed by atoms with E-state index in [4.69, 9.17) is 0 Å². The largest absolute Gasteiger partial charge is 0.334 e. The number of hydrogen-bond donors (Lipinski definition) is 1. The van der Waals surface area contributed by atoms with Crippen LogP contribution in [0.3, 0.4) is 0 Å². The summed E-state index contributed by atoms with van der Waals surface area (Å²) in [6.45, 7) is 7.41. The summed E-state index contributed by atoms with van der Waals surface area (Å²) in [5, 5.41) is 6.33. The number of likely N-dealkylation sites (N-methyl/N-ethyl adjacent to an activating group) is 1. The molecule has 0 saturated carbocycles. The molecule has 36 heavy (non-hydrogen) atoms. The average Bonchev–Trinajstić information content (AvgIpc) is 3.39. The second kappa shape index (κ2) is 11.8. The van der Waals surface area contributed by atoms with E-state index in [1.165, 1.54) is 4.90 Å². The van der Waals surface area contributed by atoms with Crippen LogP contribution < -0.4 is 5.32 Å². The number of thiazole rings is 1. The number of nitrogens with one attached hydrogen (secondary N) is 1. The molecule has 2 aromatic carbocycles. The number of piperazine rings is 1. The van der Waals surface area contributed by atoms with E-state index in [0.717, 1.165) is 21.3 Å². The number of hydrogen-bond acceptors (Lipinski definition) is 6. The SMILES string of the molecule is C=CCN(CC)N(C(=O)NCc1ccccc1)C1CN(Cc2cccc3scnc23)C(=O)CN1C=O. The van der Waals surface area contributed by atoms with Crippen molar-refractivity contribution in [3.8, 4) is 0 Å². The first-order chi connectivity index (χ1) is 17.5. The van der Waals surface area contributed by atoms with Gasteiger partial charge in [-0.05, 0) is 17.2 Å². The Morgan fingerprint density at radius 1 is 1.25 bits per heavy atom. The number of amides is 4. The van der Waals surface area contributed by atoms with Crippen molar-refractivity contribution >= 4 is 39.9 Å². The number of benzene rings is 2. The van der Waals surface area contributed by atoms with E-state index in [1.807, 2.05) is 60.5 Å². The fourth-order valence-electron chi connectivity index (χ4n) is 4.35. The van der Waals surface area contributed by atoms with Gasteiger partial charge in [0.2, 0.25) is 12.3 Å². The number of para-hydroxylation sites is 1. The quantitative estimate of drug-likeness (QED) is 0.259. The second-order valence-electron chi connectivity index (χ2n) is 8.43. The molecule has 0 radical (unpaired) electrons. The lowest BCUT2D eigenvalue weighted by atomic mass is 10.1. The number of rotatable bonds is 10. The van der Waals surface area contributed by atoms with E-state index in [9.17, 15) is 14.4 Å². The topological polar surface area (TPSA) is 89.1 Å². The summed E-state index contributed by atoms with van der Waals surface area (Å²) in [7, 11) is 0. The molecule has 1 saturated heterocycles. The molecule has 188 valence electrons. The monoisotopic (exact) mass is 506 g/mol. The van der Waals surface area contributed by atoms with Crippen LogP contribution in [0, 0.1) is 0 Å². The maximum Gasteiger partial charge on any atom is 0.334 e. The van der Waals surface area contributed by atoms with E-state index >= 15 is 0 Å². The Kier molecular flexibility index (Phi) is 8.29. The van der Waals surface area contributed by atoms with Gasteiger partial charge >= 0.3 is 6.03 Å². The van der Waals surface area contributed by atoms with E-state index < -0.39 is 6.17 Å². The molecule has 1 aliphatic heterocycles. The zero-order valence-electron chi connectivity index (χ0n) is 20.2. The predicted octanol–water partition coefficient (Wildman–Crippen LogP) is 3.06. The van der Waals surface area contributed by atoms with Gasteiger partial charge in [-0.15, -0.1) is 17.9 Å². The molecule has 4 rings (SSSR count). The Morgan fingerprint density at radius 2 is 2.06 bits per heavy atom. The smallest absolute Gasteiger partial charge is 0.333 e. The van der Waals surface area contributed by atoms with Crippen molar-refractivity contribution in [2.45, 2.75) is 26.2 Å². The fraction of sp³-hybridized carbons (Fsp3) is 0.308. The third-order valence-corrected chi connectivity index (χ3v) is 6.96. The number of urea groups is 1. The van der Waals surface area contributed by atoms with Crippen molar-refractivity contribution in [3.63, 3.8) is 0 Å². The molecule has 4 amide bonds. The number of fused-ring (bicyclic) bond motifs is 1. The van der Waals surface area contributed by atoms with Crippen molar-refractivity contribution in [2.75, 3.05) is 26.2 Å². The normalized spacial score (nSPS) is 15.8. The summed E-state index contributed by atoms with van der Waals surface area (Å²) >= 11 is 1.55. The zero-order valence-corrected chi connectivity index (χ0v) is 21.1. The lowest BCUT2D eigenvalue weighted by Crippen LogP contribution is -2.67. The molecule has 1 aliphatic rings. The van der Waals surface area contributed by atoms with Gasteiger partial charge in [0.05, 0.1) is 22.3 Å². The third kappa shape index (κ3) is 5.55. The summed E-state index contributed by atoms with van der Waals surface area (Å²) < 4.78 is 1.05. The minimum absolute atomic E-state index is 0.116. The van der Waals surface area contributed by atoms with Gasteiger partial charge in [0, 0.05) is 26.2 Å². The van der Waals surface area contributed by atoms with Gasteiger partial charge in [-0.1, -0.05) is 55.5 Å². The second-order valence-corrected chi connectivity index (χ2v) is 9.32. The van der Waals surface area contributed by atoms with Crippen molar-refractivity contribution in [1.82, 2.24) is 30.1 Å². The minimum Gasteiger partial charge on any atom is -0.333 e.